The number of nitrogens with one attached hydrogen (secondary N) is 1. The highest BCUT2D eigenvalue weighted by Gasteiger charge is 2.15. The van der Waals surface area contributed by atoms with Crippen molar-refractivity contribution in [3.8, 4) is 0 Å². The zero-order valence-corrected chi connectivity index (χ0v) is 14.5. The van der Waals surface area contributed by atoms with E-state index in [4.69, 9.17) is 0 Å². The van der Waals surface area contributed by atoms with Crippen molar-refractivity contribution < 1.29 is 4.79 Å². The van der Waals surface area contributed by atoms with Crippen molar-refractivity contribution in [1.29, 1.82) is 0 Å². The highest BCUT2D eigenvalue weighted by atomic mass is 32.1. The van der Waals surface area contributed by atoms with Crippen LogP contribution in [0.1, 0.15) is 58.3 Å². The summed E-state index contributed by atoms with van der Waals surface area (Å²) < 4.78 is 0. The first kappa shape index (κ1) is 16.6. The highest BCUT2D eigenvalue weighted by Crippen LogP contribution is 2.18. The van der Waals surface area contributed by atoms with Gasteiger partial charge in [0.05, 0.1) is 16.3 Å². The number of aromatic nitrogens is 2. The largest absolute Gasteiger partial charge is 0.352 e. The number of amides is 1. The molecule has 0 aliphatic carbocycles. The molecule has 0 spiro atoms. The van der Waals surface area contributed by atoms with Gasteiger partial charge in [0.15, 0.2) is 0 Å². The summed E-state index contributed by atoms with van der Waals surface area (Å²) in [6.45, 7) is 8.78. The number of thiazole rings is 1. The Morgan fingerprint density at radius 1 is 1.36 bits per heavy atom. The molecular weight excluding hydrogens is 294 g/mol. The molecule has 0 aromatic carbocycles. The molecule has 0 aliphatic heterocycles. The van der Waals surface area contributed by atoms with E-state index in [2.05, 4.69) is 36.1 Å². The lowest BCUT2D eigenvalue weighted by molar-refractivity contribution is 0.0952. The first-order valence-electron chi connectivity index (χ1n) is 7.70. The third-order valence-electron chi connectivity index (χ3n) is 3.43. The van der Waals surface area contributed by atoms with Gasteiger partial charge in [-0.15, -0.1) is 11.3 Å². The maximum absolute atomic E-state index is 12.4. The molecule has 0 unspecified atom stereocenters. The molecule has 0 saturated heterocycles. The van der Waals surface area contributed by atoms with Gasteiger partial charge in [-0.1, -0.05) is 20.8 Å². The molecule has 118 valence electrons. The number of carbonyl (C=O) groups excluding carboxylic acids is 1. The van der Waals surface area contributed by atoms with E-state index in [1.54, 1.807) is 11.3 Å². The maximum Gasteiger partial charge on any atom is 0.253 e. The minimum atomic E-state index is -0.0523. The summed E-state index contributed by atoms with van der Waals surface area (Å²) in [7, 11) is 0. The van der Waals surface area contributed by atoms with Crippen LogP contribution in [-0.2, 0) is 12.8 Å². The van der Waals surface area contributed by atoms with E-state index in [0.717, 1.165) is 29.2 Å². The second-order valence-corrected chi connectivity index (χ2v) is 6.82. The third kappa shape index (κ3) is 4.13. The molecule has 2 aromatic rings. The van der Waals surface area contributed by atoms with Crippen molar-refractivity contribution >= 4 is 17.2 Å². The van der Waals surface area contributed by atoms with Crippen molar-refractivity contribution in [3.05, 3.63) is 45.2 Å². The maximum atomic E-state index is 12.4. The number of hydrogen-bond acceptors (Lipinski definition) is 4. The number of aryl methyl sites for hydroxylation is 2. The van der Waals surface area contributed by atoms with Crippen LogP contribution >= 0.6 is 11.3 Å². The molecule has 5 heteroatoms. The standard InChI is InChI=1S/C17H23N3OS/c1-5-13-10-19-15(22-13)8-9-18-17(21)14-7-6-12(4)20-16(14)11(2)3/h6-7,10-11H,5,8-9H2,1-4H3,(H,18,21). The number of rotatable bonds is 6. The second-order valence-electron chi connectivity index (χ2n) is 5.62. The van der Waals surface area contributed by atoms with Gasteiger partial charge in [0.2, 0.25) is 0 Å². The van der Waals surface area contributed by atoms with Crippen LogP contribution in [0.4, 0.5) is 0 Å². The zero-order valence-electron chi connectivity index (χ0n) is 13.6. The first-order chi connectivity index (χ1) is 10.5. The van der Waals surface area contributed by atoms with Crippen molar-refractivity contribution in [2.24, 2.45) is 0 Å². The lowest BCUT2D eigenvalue weighted by atomic mass is 10.0. The summed E-state index contributed by atoms with van der Waals surface area (Å²) in [6, 6.07) is 3.75. The van der Waals surface area contributed by atoms with Crippen LogP contribution in [0.3, 0.4) is 0 Å². The van der Waals surface area contributed by atoms with Crippen LogP contribution in [-0.4, -0.2) is 22.4 Å². The Bertz CT molecular complexity index is 649. The Morgan fingerprint density at radius 3 is 2.77 bits per heavy atom. The molecule has 1 amide bonds. The second kappa shape index (κ2) is 7.49. The van der Waals surface area contributed by atoms with Gasteiger partial charge in [0.25, 0.3) is 5.91 Å². The van der Waals surface area contributed by atoms with E-state index in [9.17, 15) is 4.79 Å². The molecule has 2 heterocycles. The average molecular weight is 317 g/mol. The fourth-order valence-electron chi connectivity index (χ4n) is 2.21. The molecular formula is C17H23N3OS. The molecule has 4 nitrogen and oxygen atoms in total. The van der Waals surface area contributed by atoms with Gasteiger partial charge in [-0.2, -0.15) is 0 Å². The summed E-state index contributed by atoms with van der Waals surface area (Å²) >= 11 is 1.72. The molecule has 0 aliphatic rings. The lowest BCUT2D eigenvalue weighted by Crippen LogP contribution is -2.27. The third-order valence-corrected chi connectivity index (χ3v) is 4.63. The van der Waals surface area contributed by atoms with Crippen molar-refractivity contribution in [2.75, 3.05) is 6.54 Å². The predicted molar refractivity (Wildman–Crippen MR) is 90.6 cm³/mol. The van der Waals surface area contributed by atoms with Gasteiger partial charge in [-0.05, 0) is 31.4 Å². The van der Waals surface area contributed by atoms with Crippen LogP contribution in [0.5, 0.6) is 0 Å². The van der Waals surface area contributed by atoms with Gasteiger partial charge < -0.3 is 5.32 Å². The topological polar surface area (TPSA) is 54.9 Å². The van der Waals surface area contributed by atoms with Gasteiger partial charge in [-0.3, -0.25) is 9.78 Å². The summed E-state index contributed by atoms with van der Waals surface area (Å²) in [6.07, 6.45) is 3.70. The Kier molecular flexibility index (Phi) is 5.66. The Labute approximate surface area is 136 Å². The number of carbonyl (C=O) groups is 1. The van der Waals surface area contributed by atoms with E-state index >= 15 is 0 Å². The molecule has 2 aromatic heterocycles. The van der Waals surface area contributed by atoms with E-state index in [0.29, 0.717) is 12.1 Å². The highest BCUT2D eigenvalue weighted by molar-refractivity contribution is 7.11. The summed E-state index contributed by atoms with van der Waals surface area (Å²) in [5.74, 6) is 0.176. The molecule has 0 radical (unpaired) electrons. The van der Waals surface area contributed by atoms with Gasteiger partial charge in [-0.25, -0.2) is 4.98 Å². The SMILES string of the molecule is CCc1cnc(CCNC(=O)c2ccc(C)nc2C(C)C)s1. The van der Waals surface area contributed by atoms with Crippen molar-refractivity contribution in [1.82, 2.24) is 15.3 Å². The molecule has 0 bridgehead atoms. The molecule has 0 saturated carbocycles. The Balaban J connectivity index is 1.97. The number of hydrogen-bond donors (Lipinski definition) is 1. The predicted octanol–water partition coefficient (Wildman–Crippen LogP) is 3.50. The van der Waals surface area contributed by atoms with E-state index in [1.165, 1.54) is 4.88 Å². The molecule has 0 fully saturated rings. The minimum Gasteiger partial charge on any atom is -0.352 e. The van der Waals surface area contributed by atoms with Crippen molar-refractivity contribution in [3.63, 3.8) is 0 Å². The summed E-state index contributed by atoms with van der Waals surface area (Å²) in [5.41, 5.74) is 2.48. The lowest BCUT2D eigenvalue weighted by Gasteiger charge is -2.12. The van der Waals surface area contributed by atoms with Crippen LogP contribution in [0.25, 0.3) is 0 Å². The molecule has 22 heavy (non-hydrogen) atoms. The van der Waals surface area contributed by atoms with Gasteiger partial charge in [0.1, 0.15) is 0 Å². The quantitative estimate of drug-likeness (QED) is 0.887. The summed E-state index contributed by atoms with van der Waals surface area (Å²) in [5, 5.41) is 4.05. The van der Waals surface area contributed by atoms with E-state index in [-0.39, 0.29) is 11.8 Å². The average Bonchev–Trinajstić information content (AvgIpc) is 2.95. The molecule has 1 N–H and O–H groups in total. The van der Waals surface area contributed by atoms with Crippen LogP contribution in [0.2, 0.25) is 0 Å². The Morgan fingerprint density at radius 2 is 2.14 bits per heavy atom. The van der Waals surface area contributed by atoms with Gasteiger partial charge >= 0.3 is 0 Å². The zero-order chi connectivity index (χ0) is 16.1. The first-order valence-corrected chi connectivity index (χ1v) is 8.52. The molecule has 2 rings (SSSR count). The van der Waals surface area contributed by atoms with E-state index in [1.807, 2.05) is 25.3 Å². The normalized spacial score (nSPS) is 11.0. The minimum absolute atomic E-state index is 0.0523. The Hall–Kier alpha value is -1.75. The van der Waals surface area contributed by atoms with Crippen LogP contribution in [0, 0.1) is 6.92 Å². The fraction of sp³-hybridized carbons (Fsp3) is 0.471. The number of nitrogens with zero attached hydrogens (tertiary/aromatic N) is 2. The van der Waals surface area contributed by atoms with Crippen molar-refractivity contribution in [2.45, 2.75) is 46.5 Å². The van der Waals surface area contributed by atoms with Crippen LogP contribution in [0.15, 0.2) is 18.3 Å². The monoisotopic (exact) mass is 317 g/mol. The molecule has 0 atom stereocenters. The summed E-state index contributed by atoms with van der Waals surface area (Å²) in [4.78, 5) is 22.5. The number of pyridine rings is 1. The van der Waals surface area contributed by atoms with Gasteiger partial charge in [0, 0.05) is 29.7 Å². The smallest absolute Gasteiger partial charge is 0.253 e. The fourth-order valence-corrected chi connectivity index (χ4v) is 3.08. The van der Waals surface area contributed by atoms with E-state index < -0.39 is 0 Å². The van der Waals surface area contributed by atoms with Crippen LogP contribution < -0.4 is 5.32 Å².